The van der Waals surface area contributed by atoms with Crippen LogP contribution < -0.4 is 9.80 Å². The lowest BCUT2D eigenvalue weighted by atomic mass is 9.91. The van der Waals surface area contributed by atoms with E-state index in [2.05, 4.69) is 0 Å². The van der Waals surface area contributed by atoms with Crippen LogP contribution in [0, 0.1) is 6.92 Å². The smallest absolute Gasteiger partial charge is 0.265 e. The highest BCUT2D eigenvalue weighted by Crippen LogP contribution is 2.34. The molecule has 0 unspecified atom stereocenters. The zero-order valence-corrected chi connectivity index (χ0v) is 16.7. The highest BCUT2D eigenvalue weighted by molar-refractivity contribution is 6.43. The van der Waals surface area contributed by atoms with Crippen molar-refractivity contribution in [2.75, 3.05) is 23.9 Å². The molecule has 0 aromatic heterocycles. The van der Waals surface area contributed by atoms with Crippen LogP contribution in [-0.4, -0.2) is 25.9 Å². The number of anilines is 2. The van der Waals surface area contributed by atoms with Crippen molar-refractivity contribution in [2.24, 2.45) is 0 Å². The number of imide groups is 1. The van der Waals surface area contributed by atoms with E-state index in [-0.39, 0.29) is 11.8 Å². The molecule has 0 saturated heterocycles. The summed E-state index contributed by atoms with van der Waals surface area (Å²) < 4.78 is 0. The number of hydrogen-bond acceptors (Lipinski definition) is 3. The summed E-state index contributed by atoms with van der Waals surface area (Å²) in [5, 5.41) is 0. The van der Waals surface area contributed by atoms with Crippen molar-refractivity contribution < 1.29 is 9.59 Å². The minimum absolute atomic E-state index is 0.292. The first-order valence-corrected chi connectivity index (χ1v) is 9.50. The van der Waals surface area contributed by atoms with Crippen LogP contribution in [0.1, 0.15) is 27.0 Å². The molecule has 0 fully saturated rings. The largest absolute Gasteiger partial charge is 0.378 e. The lowest BCUT2D eigenvalue weighted by molar-refractivity contribution is -0.112. The molecule has 0 saturated carbocycles. The summed E-state index contributed by atoms with van der Waals surface area (Å²) in [7, 11) is 3.97. The normalized spacial score (nSPS) is 14.9. The lowest BCUT2D eigenvalue weighted by Gasteiger charge is -2.29. The maximum absolute atomic E-state index is 13.5. The molecule has 3 aromatic carbocycles. The highest BCUT2D eigenvalue weighted by Gasteiger charge is 2.36. The van der Waals surface area contributed by atoms with Gasteiger partial charge in [0.2, 0.25) is 0 Å². The molecular weight excluding hydrogens is 360 g/mol. The van der Waals surface area contributed by atoms with Crippen molar-refractivity contribution in [3.8, 4) is 0 Å². The van der Waals surface area contributed by atoms with Gasteiger partial charge in [-0.15, -0.1) is 0 Å². The number of carbonyl (C=O) groups excluding carboxylic acids is 2. The van der Waals surface area contributed by atoms with Crippen molar-refractivity contribution in [1.82, 2.24) is 0 Å². The first-order chi connectivity index (χ1) is 14.0. The summed E-state index contributed by atoms with van der Waals surface area (Å²) in [6, 6.07) is 22.7. The van der Waals surface area contributed by atoms with Gasteiger partial charge in [0, 0.05) is 30.9 Å². The number of hydrogen-bond donors (Lipinski definition) is 0. The van der Waals surface area contributed by atoms with Gasteiger partial charge in [0.25, 0.3) is 11.8 Å². The Morgan fingerprint density at radius 3 is 2.03 bits per heavy atom. The number of rotatable bonds is 3. The van der Waals surface area contributed by atoms with Crippen molar-refractivity contribution >= 4 is 34.8 Å². The fraction of sp³-hybridized carbons (Fsp3) is 0.120. The Kier molecular flexibility index (Phi) is 4.77. The van der Waals surface area contributed by atoms with Crippen molar-refractivity contribution in [3.05, 3.63) is 95.1 Å². The molecule has 1 heterocycles. The quantitative estimate of drug-likeness (QED) is 0.483. The second-order valence-electron chi connectivity index (χ2n) is 7.32. The van der Waals surface area contributed by atoms with Gasteiger partial charge in [-0.2, -0.15) is 0 Å². The molecule has 2 amide bonds. The molecule has 4 nitrogen and oxygen atoms in total. The number of amides is 2. The highest BCUT2D eigenvalue weighted by atomic mass is 16.2. The number of nitrogens with zero attached hydrogens (tertiary/aromatic N) is 2. The summed E-state index contributed by atoms with van der Waals surface area (Å²) in [5.41, 5.74) is 5.21. The van der Waals surface area contributed by atoms with Gasteiger partial charge in [0.1, 0.15) is 0 Å². The van der Waals surface area contributed by atoms with E-state index in [1.54, 1.807) is 6.07 Å². The predicted molar refractivity (Wildman–Crippen MR) is 118 cm³/mol. The van der Waals surface area contributed by atoms with Gasteiger partial charge in [-0.05, 0) is 54.0 Å². The summed E-state index contributed by atoms with van der Waals surface area (Å²) in [4.78, 5) is 29.9. The number of para-hydroxylation sites is 1. The molecule has 29 heavy (non-hydrogen) atoms. The standard InChI is InChI=1S/C25H22N2O2/c1-17-8-4-7-11-23(17)27-24(28)21-10-6-5-9-20(21)22(25(27)29)16-18-12-14-19(15-13-18)26(2)3/h4-16H,1-3H3. The topological polar surface area (TPSA) is 40.6 Å². The minimum Gasteiger partial charge on any atom is -0.378 e. The van der Waals surface area contributed by atoms with Crippen LogP contribution in [0.4, 0.5) is 11.4 Å². The Bertz CT molecular complexity index is 1130. The third-order valence-corrected chi connectivity index (χ3v) is 5.16. The molecule has 0 N–H and O–H groups in total. The molecule has 144 valence electrons. The van der Waals surface area contributed by atoms with Gasteiger partial charge in [-0.1, -0.05) is 48.5 Å². The van der Waals surface area contributed by atoms with E-state index in [4.69, 9.17) is 0 Å². The predicted octanol–water partition coefficient (Wildman–Crippen LogP) is 4.79. The van der Waals surface area contributed by atoms with E-state index < -0.39 is 0 Å². The maximum atomic E-state index is 13.5. The Labute approximate surface area is 170 Å². The number of aryl methyl sites for hydroxylation is 1. The van der Waals surface area contributed by atoms with Crippen molar-refractivity contribution in [2.45, 2.75) is 6.92 Å². The summed E-state index contributed by atoms with van der Waals surface area (Å²) in [6.45, 7) is 1.90. The molecule has 0 spiro atoms. The van der Waals surface area contributed by atoms with E-state index in [1.165, 1.54) is 4.90 Å². The van der Waals surface area contributed by atoms with Gasteiger partial charge in [0.15, 0.2) is 0 Å². The molecule has 0 bridgehead atoms. The molecule has 4 rings (SSSR count). The van der Waals surface area contributed by atoms with Crippen LogP contribution in [0.3, 0.4) is 0 Å². The van der Waals surface area contributed by atoms with Gasteiger partial charge >= 0.3 is 0 Å². The van der Waals surface area contributed by atoms with Gasteiger partial charge < -0.3 is 4.90 Å². The van der Waals surface area contributed by atoms with Crippen molar-refractivity contribution in [3.63, 3.8) is 0 Å². The number of fused-ring (bicyclic) bond motifs is 1. The monoisotopic (exact) mass is 382 g/mol. The van der Waals surface area contributed by atoms with Crippen molar-refractivity contribution in [1.29, 1.82) is 0 Å². The van der Waals surface area contributed by atoms with Crippen LogP contribution in [0.15, 0.2) is 72.8 Å². The maximum Gasteiger partial charge on any atom is 0.265 e. The molecule has 0 radical (unpaired) electrons. The Balaban J connectivity index is 1.86. The molecule has 1 aliphatic rings. The molecule has 4 heteroatoms. The number of carbonyl (C=O) groups is 2. The minimum atomic E-state index is -0.306. The van der Waals surface area contributed by atoms with Crippen LogP contribution >= 0.6 is 0 Å². The molecular formula is C25H22N2O2. The summed E-state index contributed by atoms with van der Waals surface area (Å²) in [5.74, 6) is -0.598. The van der Waals surface area contributed by atoms with E-state index >= 15 is 0 Å². The SMILES string of the molecule is Cc1ccccc1N1C(=O)C(=Cc2ccc(N(C)C)cc2)c2ccccc2C1=O. The van der Waals surface area contributed by atoms with E-state index in [0.717, 1.165) is 16.8 Å². The Morgan fingerprint density at radius 1 is 0.759 bits per heavy atom. The first-order valence-electron chi connectivity index (χ1n) is 9.50. The summed E-state index contributed by atoms with van der Waals surface area (Å²) in [6.07, 6.45) is 1.86. The average Bonchev–Trinajstić information content (AvgIpc) is 2.73. The van der Waals surface area contributed by atoms with E-state index in [9.17, 15) is 9.59 Å². The Hall–Kier alpha value is -3.66. The number of benzene rings is 3. The average molecular weight is 382 g/mol. The fourth-order valence-electron chi connectivity index (χ4n) is 3.56. The third-order valence-electron chi connectivity index (χ3n) is 5.16. The van der Waals surface area contributed by atoms with Crippen LogP contribution in [-0.2, 0) is 4.79 Å². The van der Waals surface area contributed by atoms with Crippen LogP contribution in [0.5, 0.6) is 0 Å². The molecule has 1 aliphatic heterocycles. The fourth-order valence-corrected chi connectivity index (χ4v) is 3.56. The third kappa shape index (κ3) is 3.34. The van der Waals surface area contributed by atoms with E-state index in [1.807, 2.05) is 98.7 Å². The second kappa shape index (κ2) is 7.40. The zero-order chi connectivity index (χ0) is 20.5. The summed E-state index contributed by atoms with van der Waals surface area (Å²) >= 11 is 0. The molecule has 0 atom stereocenters. The van der Waals surface area contributed by atoms with Crippen LogP contribution in [0.2, 0.25) is 0 Å². The molecule has 3 aromatic rings. The van der Waals surface area contributed by atoms with Gasteiger partial charge in [0.05, 0.1) is 5.69 Å². The van der Waals surface area contributed by atoms with Crippen LogP contribution in [0.25, 0.3) is 11.6 Å². The van der Waals surface area contributed by atoms with E-state index in [0.29, 0.717) is 22.4 Å². The zero-order valence-electron chi connectivity index (χ0n) is 16.7. The molecule has 0 aliphatic carbocycles. The lowest BCUT2D eigenvalue weighted by Crippen LogP contribution is -2.42. The van der Waals surface area contributed by atoms with Gasteiger partial charge in [-0.25, -0.2) is 4.90 Å². The van der Waals surface area contributed by atoms with Gasteiger partial charge in [-0.3, -0.25) is 9.59 Å². The second-order valence-corrected chi connectivity index (χ2v) is 7.32. The Morgan fingerprint density at radius 2 is 1.38 bits per heavy atom. The first kappa shape index (κ1) is 18.7.